The fraction of sp³-hybridized carbons (Fsp3) is 0.0769. The molecule has 2 nitrogen and oxygen atoms in total. The average Bonchev–Trinajstić information content (AvgIpc) is 2.60. The molecule has 3 rings (SSSR count). The lowest BCUT2D eigenvalue weighted by Crippen LogP contribution is -1.93. The quantitative estimate of drug-likeness (QED) is 0.542. The third-order valence-electron chi connectivity index (χ3n) is 3.07. The van der Waals surface area contributed by atoms with Gasteiger partial charge in [-0.15, -0.1) is 0 Å². The van der Waals surface area contributed by atoms with Crippen molar-refractivity contribution in [3.8, 4) is 11.1 Å². The van der Waals surface area contributed by atoms with Crippen LogP contribution in [-0.4, -0.2) is 0 Å². The highest BCUT2D eigenvalue weighted by Gasteiger charge is 2.21. The summed E-state index contributed by atoms with van der Waals surface area (Å²) in [4.78, 5) is 0. The highest BCUT2D eigenvalue weighted by atomic mass is 14.6. The van der Waals surface area contributed by atoms with E-state index in [1.54, 1.807) is 0 Å². The topological polar surface area (TPSA) is 52.0 Å². The molecule has 0 atom stereocenters. The SMILES string of the molecule is Nc1cccc2c1Cc1c(N)cccc1-2. The minimum Gasteiger partial charge on any atom is -0.398 e. The summed E-state index contributed by atoms with van der Waals surface area (Å²) >= 11 is 0. The zero-order chi connectivity index (χ0) is 10.4. The Morgan fingerprint density at radius 2 is 1.20 bits per heavy atom. The van der Waals surface area contributed by atoms with Gasteiger partial charge in [0.25, 0.3) is 0 Å². The lowest BCUT2D eigenvalue weighted by Gasteiger charge is -2.02. The second-order valence-corrected chi connectivity index (χ2v) is 3.92. The van der Waals surface area contributed by atoms with Gasteiger partial charge >= 0.3 is 0 Å². The molecule has 0 saturated carbocycles. The zero-order valence-electron chi connectivity index (χ0n) is 8.33. The number of anilines is 2. The van der Waals surface area contributed by atoms with Gasteiger partial charge in [0.1, 0.15) is 0 Å². The molecule has 4 N–H and O–H groups in total. The third kappa shape index (κ3) is 1.05. The van der Waals surface area contributed by atoms with Crippen molar-refractivity contribution in [2.24, 2.45) is 0 Å². The number of rotatable bonds is 0. The fourth-order valence-electron chi connectivity index (χ4n) is 2.29. The molecule has 0 spiro atoms. The first-order valence-electron chi connectivity index (χ1n) is 5.02. The molecule has 0 amide bonds. The number of fused-ring (bicyclic) bond motifs is 3. The van der Waals surface area contributed by atoms with Gasteiger partial charge in [0, 0.05) is 17.8 Å². The predicted molar refractivity (Wildman–Crippen MR) is 63.5 cm³/mol. The van der Waals surface area contributed by atoms with E-state index in [4.69, 9.17) is 11.5 Å². The van der Waals surface area contributed by atoms with Gasteiger partial charge in [0.2, 0.25) is 0 Å². The highest BCUT2D eigenvalue weighted by molar-refractivity contribution is 5.84. The Balaban J connectivity index is 2.33. The summed E-state index contributed by atoms with van der Waals surface area (Å²) < 4.78 is 0. The number of benzene rings is 2. The molecule has 2 heteroatoms. The van der Waals surface area contributed by atoms with E-state index >= 15 is 0 Å². The molecule has 0 saturated heterocycles. The van der Waals surface area contributed by atoms with Gasteiger partial charge < -0.3 is 11.5 Å². The molecule has 15 heavy (non-hydrogen) atoms. The van der Waals surface area contributed by atoms with E-state index in [0.29, 0.717) is 0 Å². The van der Waals surface area contributed by atoms with Crippen LogP contribution in [-0.2, 0) is 6.42 Å². The summed E-state index contributed by atoms with van der Waals surface area (Å²) in [5, 5.41) is 0. The molecule has 0 aliphatic heterocycles. The molecular weight excluding hydrogens is 184 g/mol. The first-order valence-corrected chi connectivity index (χ1v) is 5.02. The van der Waals surface area contributed by atoms with Crippen molar-refractivity contribution in [3.05, 3.63) is 47.5 Å². The van der Waals surface area contributed by atoms with Crippen LogP contribution in [0, 0.1) is 0 Å². The average molecular weight is 196 g/mol. The van der Waals surface area contributed by atoms with Crippen LogP contribution in [0.4, 0.5) is 11.4 Å². The Labute approximate surface area is 88.5 Å². The molecule has 0 bridgehead atoms. The van der Waals surface area contributed by atoms with Crippen molar-refractivity contribution in [1.82, 2.24) is 0 Å². The van der Waals surface area contributed by atoms with Crippen molar-refractivity contribution < 1.29 is 0 Å². The normalized spacial score (nSPS) is 12.3. The fourth-order valence-corrected chi connectivity index (χ4v) is 2.29. The number of hydrogen-bond acceptors (Lipinski definition) is 2. The maximum atomic E-state index is 5.96. The van der Waals surface area contributed by atoms with Crippen LogP contribution in [0.5, 0.6) is 0 Å². The largest absolute Gasteiger partial charge is 0.398 e. The van der Waals surface area contributed by atoms with Gasteiger partial charge in [-0.2, -0.15) is 0 Å². The highest BCUT2D eigenvalue weighted by Crippen LogP contribution is 2.41. The minimum absolute atomic E-state index is 0.864. The van der Waals surface area contributed by atoms with E-state index in [9.17, 15) is 0 Å². The minimum atomic E-state index is 0.864. The van der Waals surface area contributed by atoms with Crippen molar-refractivity contribution in [1.29, 1.82) is 0 Å². The standard InChI is InChI=1S/C13H12N2/c14-12-5-1-3-8-9-4-2-6-13(15)11(9)7-10(8)12/h1-6H,7,14-15H2. The summed E-state index contributed by atoms with van der Waals surface area (Å²) in [5.74, 6) is 0. The lowest BCUT2D eigenvalue weighted by atomic mass is 10.0. The molecular formula is C13H12N2. The lowest BCUT2D eigenvalue weighted by molar-refractivity contribution is 1.27. The Kier molecular flexibility index (Phi) is 1.54. The molecule has 74 valence electrons. The molecule has 0 radical (unpaired) electrons. The first-order chi connectivity index (χ1) is 7.27. The van der Waals surface area contributed by atoms with E-state index in [0.717, 1.165) is 17.8 Å². The molecule has 0 fully saturated rings. The van der Waals surface area contributed by atoms with E-state index in [1.807, 2.05) is 24.3 Å². The summed E-state index contributed by atoms with van der Waals surface area (Å²) in [6.07, 6.45) is 0.865. The van der Waals surface area contributed by atoms with Gasteiger partial charge in [-0.05, 0) is 34.4 Å². The van der Waals surface area contributed by atoms with Crippen LogP contribution in [0.3, 0.4) is 0 Å². The molecule has 2 aromatic carbocycles. The maximum absolute atomic E-state index is 5.96. The summed E-state index contributed by atoms with van der Waals surface area (Å²) in [6, 6.07) is 12.1. The van der Waals surface area contributed by atoms with Crippen LogP contribution in [0.2, 0.25) is 0 Å². The summed E-state index contributed by atoms with van der Waals surface area (Å²) in [6.45, 7) is 0. The predicted octanol–water partition coefficient (Wildman–Crippen LogP) is 2.42. The van der Waals surface area contributed by atoms with Crippen LogP contribution in [0.1, 0.15) is 11.1 Å². The third-order valence-corrected chi connectivity index (χ3v) is 3.07. The van der Waals surface area contributed by atoms with E-state index < -0.39 is 0 Å². The van der Waals surface area contributed by atoms with Gasteiger partial charge in [-0.3, -0.25) is 0 Å². The molecule has 1 aliphatic rings. The van der Waals surface area contributed by atoms with Crippen molar-refractivity contribution in [2.75, 3.05) is 11.5 Å². The van der Waals surface area contributed by atoms with Gasteiger partial charge in [-0.1, -0.05) is 24.3 Å². The summed E-state index contributed by atoms with van der Waals surface area (Å²) in [5.41, 5.74) is 18.5. The number of nitrogen functional groups attached to an aromatic ring is 2. The van der Waals surface area contributed by atoms with E-state index in [1.165, 1.54) is 22.3 Å². The number of nitrogens with two attached hydrogens (primary N) is 2. The Bertz CT molecular complexity index is 495. The second-order valence-electron chi connectivity index (χ2n) is 3.92. The Morgan fingerprint density at radius 3 is 1.67 bits per heavy atom. The molecule has 0 heterocycles. The van der Waals surface area contributed by atoms with Crippen molar-refractivity contribution in [3.63, 3.8) is 0 Å². The maximum Gasteiger partial charge on any atom is 0.0356 e. The van der Waals surface area contributed by atoms with Gasteiger partial charge in [0.15, 0.2) is 0 Å². The molecule has 0 unspecified atom stereocenters. The van der Waals surface area contributed by atoms with Crippen LogP contribution in [0.25, 0.3) is 11.1 Å². The Morgan fingerprint density at radius 1 is 0.733 bits per heavy atom. The first kappa shape index (κ1) is 8.36. The molecule has 1 aliphatic carbocycles. The summed E-state index contributed by atoms with van der Waals surface area (Å²) in [7, 11) is 0. The van der Waals surface area contributed by atoms with Crippen molar-refractivity contribution in [2.45, 2.75) is 6.42 Å². The number of hydrogen-bond donors (Lipinski definition) is 2. The van der Waals surface area contributed by atoms with Crippen LogP contribution >= 0.6 is 0 Å². The Hall–Kier alpha value is -1.96. The van der Waals surface area contributed by atoms with Crippen LogP contribution < -0.4 is 11.5 Å². The van der Waals surface area contributed by atoms with Gasteiger partial charge in [-0.25, -0.2) is 0 Å². The smallest absolute Gasteiger partial charge is 0.0356 e. The van der Waals surface area contributed by atoms with E-state index in [2.05, 4.69) is 12.1 Å². The second kappa shape index (κ2) is 2.76. The monoisotopic (exact) mass is 196 g/mol. The van der Waals surface area contributed by atoms with E-state index in [-0.39, 0.29) is 0 Å². The molecule has 0 aromatic heterocycles. The van der Waals surface area contributed by atoms with Crippen molar-refractivity contribution >= 4 is 11.4 Å². The van der Waals surface area contributed by atoms with Crippen LogP contribution in [0.15, 0.2) is 36.4 Å². The van der Waals surface area contributed by atoms with Gasteiger partial charge in [0.05, 0.1) is 0 Å². The zero-order valence-corrected chi connectivity index (χ0v) is 8.33. The molecule has 2 aromatic rings.